The number of carboxylic acid groups (broad SMARTS) is 1. The normalized spacial score (nSPS) is 10.3. The number of aromatic nitrogens is 2. The van der Waals surface area contributed by atoms with Crippen LogP contribution in [0.4, 0.5) is 0 Å². The molecule has 0 fully saturated rings. The molecular weight excluding hydrogens is 250 g/mol. The Morgan fingerprint density at radius 1 is 1.32 bits per heavy atom. The van der Waals surface area contributed by atoms with Gasteiger partial charge in [-0.05, 0) is 12.1 Å². The third kappa shape index (κ3) is 2.95. The molecule has 0 aliphatic carbocycles. The Bertz CT molecular complexity index is 693. The highest BCUT2D eigenvalue weighted by molar-refractivity contribution is 5.81. The van der Waals surface area contributed by atoms with Crippen LogP contribution in [0, 0.1) is 0 Å². The lowest BCUT2D eigenvalue weighted by molar-refractivity contribution is -0.138. The summed E-state index contributed by atoms with van der Waals surface area (Å²) in [7, 11) is 0. The second kappa shape index (κ2) is 5.30. The molecule has 1 aromatic carbocycles. The van der Waals surface area contributed by atoms with E-state index in [0.29, 0.717) is 10.9 Å². The summed E-state index contributed by atoms with van der Waals surface area (Å²) in [6.45, 7) is -0.738. The lowest BCUT2D eigenvalue weighted by Gasteiger charge is -2.06. The zero-order chi connectivity index (χ0) is 13.8. The minimum Gasteiger partial charge on any atom is -0.480 e. The molecule has 2 N–H and O–H groups in total. The maximum Gasteiger partial charge on any atom is 0.322 e. The van der Waals surface area contributed by atoms with Gasteiger partial charge >= 0.3 is 5.97 Å². The summed E-state index contributed by atoms with van der Waals surface area (Å²) in [5.74, 6) is -1.70. The van der Waals surface area contributed by atoms with Crippen molar-refractivity contribution < 1.29 is 14.7 Å². The van der Waals surface area contributed by atoms with Gasteiger partial charge in [-0.25, -0.2) is 4.98 Å². The summed E-state index contributed by atoms with van der Waals surface area (Å²) in [4.78, 5) is 37.8. The van der Waals surface area contributed by atoms with Gasteiger partial charge in [-0.3, -0.25) is 19.0 Å². The van der Waals surface area contributed by atoms with Gasteiger partial charge in [0, 0.05) is 0 Å². The molecule has 0 spiro atoms. The molecule has 2 rings (SSSR count). The fourth-order valence-electron chi connectivity index (χ4n) is 1.60. The number of carbonyl (C=O) groups is 2. The van der Waals surface area contributed by atoms with Gasteiger partial charge in [0.15, 0.2) is 0 Å². The van der Waals surface area contributed by atoms with Crippen molar-refractivity contribution in [1.29, 1.82) is 0 Å². The van der Waals surface area contributed by atoms with E-state index in [1.807, 2.05) is 0 Å². The molecule has 0 saturated heterocycles. The summed E-state index contributed by atoms with van der Waals surface area (Å²) in [5, 5.41) is 11.0. The number of hydrogen-bond donors (Lipinski definition) is 2. The maximum atomic E-state index is 12.0. The highest BCUT2D eigenvalue weighted by Gasteiger charge is 2.08. The van der Waals surface area contributed by atoms with Crippen LogP contribution in [0.15, 0.2) is 35.4 Å². The molecule has 98 valence electrons. The van der Waals surface area contributed by atoms with Crippen LogP contribution in [0.25, 0.3) is 10.9 Å². The number of carbonyl (C=O) groups excluding carboxylic acids is 1. The molecule has 1 aromatic heterocycles. The molecule has 2 aromatic rings. The molecule has 0 atom stereocenters. The van der Waals surface area contributed by atoms with Crippen molar-refractivity contribution in [2.45, 2.75) is 6.54 Å². The number of para-hydroxylation sites is 1. The summed E-state index contributed by atoms with van der Waals surface area (Å²) in [5.41, 5.74) is 0.214. The van der Waals surface area contributed by atoms with Crippen molar-refractivity contribution in [3.8, 4) is 0 Å². The van der Waals surface area contributed by atoms with Crippen molar-refractivity contribution >= 4 is 22.8 Å². The average Bonchev–Trinajstić information content (AvgIpc) is 2.40. The van der Waals surface area contributed by atoms with E-state index in [9.17, 15) is 14.4 Å². The highest BCUT2D eigenvalue weighted by atomic mass is 16.4. The Labute approximate surface area is 107 Å². The van der Waals surface area contributed by atoms with E-state index in [1.54, 1.807) is 24.3 Å². The third-order valence-electron chi connectivity index (χ3n) is 2.48. The lowest BCUT2D eigenvalue weighted by atomic mass is 10.2. The molecule has 0 radical (unpaired) electrons. The zero-order valence-electron chi connectivity index (χ0n) is 9.87. The Hall–Kier alpha value is -2.70. The first kappa shape index (κ1) is 12.7. The number of carboxylic acids is 1. The fourth-order valence-corrected chi connectivity index (χ4v) is 1.60. The lowest BCUT2D eigenvalue weighted by Crippen LogP contribution is -2.35. The molecule has 7 nitrogen and oxygen atoms in total. The number of nitrogens with zero attached hydrogens (tertiary/aromatic N) is 2. The minimum absolute atomic E-state index is 0.260. The minimum atomic E-state index is -1.14. The summed E-state index contributed by atoms with van der Waals surface area (Å²) >= 11 is 0. The summed E-state index contributed by atoms with van der Waals surface area (Å²) in [6, 6.07) is 6.79. The van der Waals surface area contributed by atoms with Gasteiger partial charge in [0.1, 0.15) is 13.1 Å². The molecule has 0 saturated carbocycles. The Morgan fingerprint density at radius 2 is 2.05 bits per heavy atom. The molecule has 7 heteroatoms. The summed E-state index contributed by atoms with van der Waals surface area (Å²) < 4.78 is 1.14. The first-order valence-corrected chi connectivity index (χ1v) is 5.50. The Kier molecular flexibility index (Phi) is 3.56. The third-order valence-corrected chi connectivity index (χ3v) is 2.48. The SMILES string of the molecule is O=C(O)CNC(=O)Cn1cnc2ccccc2c1=O. The van der Waals surface area contributed by atoms with Gasteiger partial charge in [-0.15, -0.1) is 0 Å². The number of amides is 1. The molecule has 1 amide bonds. The predicted octanol–water partition coefficient (Wildman–Crippen LogP) is -0.403. The van der Waals surface area contributed by atoms with E-state index in [2.05, 4.69) is 10.3 Å². The van der Waals surface area contributed by atoms with Gasteiger partial charge in [0.05, 0.1) is 17.2 Å². The number of aliphatic carboxylic acids is 1. The van der Waals surface area contributed by atoms with E-state index in [0.717, 1.165) is 4.57 Å². The Morgan fingerprint density at radius 3 is 2.79 bits per heavy atom. The first-order valence-electron chi connectivity index (χ1n) is 5.50. The number of benzene rings is 1. The average molecular weight is 261 g/mol. The molecule has 0 bridgehead atoms. The molecule has 0 aliphatic heterocycles. The van der Waals surface area contributed by atoms with Crippen LogP contribution >= 0.6 is 0 Å². The van der Waals surface area contributed by atoms with E-state index in [4.69, 9.17) is 5.11 Å². The van der Waals surface area contributed by atoms with Gasteiger partial charge in [-0.2, -0.15) is 0 Å². The number of hydrogen-bond acceptors (Lipinski definition) is 4. The quantitative estimate of drug-likeness (QED) is 0.779. The standard InChI is InChI=1S/C12H11N3O4/c16-10(13-5-11(17)18)6-15-7-14-9-4-2-1-3-8(9)12(15)19/h1-4,7H,5-6H2,(H,13,16)(H,17,18). The van der Waals surface area contributed by atoms with Gasteiger partial charge in [0.2, 0.25) is 5.91 Å². The molecule has 0 aliphatic rings. The van der Waals surface area contributed by atoms with Gasteiger partial charge < -0.3 is 10.4 Å². The molecular formula is C12H11N3O4. The second-order valence-corrected chi connectivity index (χ2v) is 3.87. The van der Waals surface area contributed by atoms with Crippen LogP contribution in [0.2, 0.25) is 0 Å². The van der Waals surface area contributed by atoms with E-state index >= 15 is 0 Å². The maximum absolute atomic E-state index is 12.0. The van der Waals surface area contributed by atoms with Crippen molar-refractivity contribution in [1.82, 2.24) is 14.9 Å². The smallest absolute Gasteiger partial charge is 0.322 e. The fraction of sp³-hybridized carbons (Fsp3) is 0.167. The van der Waals surface area contributed by atoms with Crippen molar-refractivity contribution in [3.05, 3.63) is 40.9 Å². The van der Waals surface area contributed by atoms with Crippen molar-refractivity contribution in [2.24, 2.45) is 0 Å². The number of nitrogens with one attached hydrogen (secondary N) is 1. The molecule has 19 heavy (non-hydrogen) atoms. The van der Waals surface area contributed by atoms with Crippen LogP contribution < -0.4 is 10.9 Å². The van der Waals surface area contributed by atoms with E-state index < -0.39 is 18.4 Å². The monoisotopic (exact) mass is 261 g/mol. The number of rotatable bonds is 4. The van der Waals surface area contributed by atoms with Crippen LogP contribution in [0.1, 0.15) is 0 Å². The van der Waals surface area contributed by atoms with Crippen molar-refractivity contribution in [2.75, 3.05) is 6.54 Å². The van der Waals surface area contributed by atoms with Crippen LogP contribution in [-0.2, 0) is 16.1 Å². The van der Waals surface area contributed by atoms with Gasteiger partial charge in [-0.1, -0.05) is 12.1 Å². The van der Waals surface area contributed by atoms with Crippen LogP contribution in [0.3, 0.4) is 0 Å². The largest absolute Gasteiger partial charge is 0.480 e. The zero-order valence-corrected chi connectivity index (χ0v) is 9.87. The van der Waals surface area contributed by atoms with E-state index in [1.165, 1.54) is 6.33 Å². The van der Waals surface area contributed by atoms with Crippen LogP contribution in [-0.4, -0.2) is 33.1 Å². The number of fused-ring (bicyclic) bond motifs is 1. The highest BCUT2D eigenvalue weighted by Crippen LogP contribution is 2.04. The Balaban J connectivity index is 2.22. The van der Waals surface area contributed by atoms with Crippen molar-refractivity contribution in [3.63, 3.8) is 0 Å². The first-order chi connectivity index (χ1) is 9.08. The van der Waals surface area contributed by atoms with Gasteiger partial charge in [0.25, 0.3) is 5.56 Å². The van der Waals surface area contributed by atoms with E-state index in [-0.39, 0.29) is 12.1 Å². The summed E-state index contributed by atoms with van der Waals surface area (Å²) in [6.07, 6.45) is 1.27. The topological polar surface area (TPSA) is 101 Å². The molecule has 0 unspecified atom stereocenters. The predicted molar refractivity (Wildman–Crippen MR) is 66.6 cm³/mol. The molecule has 1 heterocycles. The second-order valence-electron chi connectivity index (χ2n) is 3.87. The van der Waals surface area contributed by atoms with Crippen LogP contribution in [0.5, 0.6) is 0 Å².